The van der Waals surface area contributed by atoms with Crippen molar-refractivity contribution in [2.45, 2.75) is 0 Å². The van der Waals surface area contributed by atoms with Gasteiger partial charge in [-0.3, -0.25) is 4.79 Å². The first-order valence-corrected chi connectivity index (χ1v) is 9.85. The fourth-order valence-corrected chi connectivity index (χ4v) is 3.54. The highest BCUT2D eigenvalue weighted by atomic mass is 79.9. The van der Waals surface area contributed by atoms with Crippen LogP contribution in [0.15, 0.2) is 71.2 Å². The van der Waals surface area contributed by atoms with Crippen LogP contribution in [0, 0.1) is 0 Å². The van der Waals surface area contributed by atoms with Gasteiger partial charge in [-0.1, -0.05) is 30.3 Å². The molecule has 1 aromatic heterocycles. The molecular weight excluding hydrogens is 420 g/mol. The Labute approximate surface area is 171 Å². The van der Waals surface area contributed by atoms with Gasteiger partial charge < -0.3 is 14.5 Å². The first-order chi connectivity index (χ1) is 13.7. The van der Waals surface area contributed by atoms with Crippen LogP contribution in [0.5, 0.6) is 11.6 Å². The summed E-state index contributed by atoms with van der Waals surface area (Å²) in [6.45, 7) is 2.71. The largest absolute Gasteiger partial charge is 0.438 e. The Bertz CT molecular complexity index is 942. The standard InChI is InChI=1S/C21H19BrN4O2/c22-18-9-5-4-8-17(18)21(27)26-14-12-25(13-15-26)19-10-11-20(24-23-19)28-16-6-2-1-3-7-16/h1-11H,12-15H2. The average molecular weight is 439 g/mol. The molecule has 0 atom stereocenters. The van der Waals surface area contributed by atoms with E-state index in [1.54, 1.807) is 0 Å². The number of aromatic nitrogens is 2. The van der Waals surface area contributed by atoms with E-state index < -0.39 is 0 Å². The Kier molecular flexibility index (Phi) is 5.53. The van der Waals surface area contributed by atoms with Gasteiger partial charge in [-0.25, -0.2) is 0 Å². The van der Waals surface area contributed by atoms with E-state index in [0.29, 0.717) is 37.6 Å². The molecular formula is C21H19BrN4O2. The van der Waals surface area contributed by atoms with Gasteiger partial charge in [0.25, 0.3) is 5.91 Å². The number of halogens is 1. The highest BCUT2D eigenvalue weighted by Crippen LogP contribution is 2.22. The summed E-state index contributed by atoms with van der Waals surface area (Å²) >= 11 is 3.45. The Hall–Kier alpha value is -2.93. The number of hydrogen-bond acceptors (Lipinski definition) is 5. The van der Waals surface area contributed by atoms with Crippen molar-refractivity contribution in [2.24, 2.45) is 0 Å². The molecule has 1 fully saturated rings. The van der Waals surface area contributed by atoms with E-state index in [1.807, 2.05) is 71.6 Å². The summed E-state index contributed by atoms with van der Waals surface area (Å²) in [7, 11) is 0. The van der Waals surface area contributed by atoms with Gasteiger partial charge in [-0.2, -0.15) is 0 Å². The van der Waals surface area contributed by atoms with Crippen molar-refractivity contribution >= 4 is 27.7 Å². The maximum atomic E-state index is 12.7. The lowest BCUT2D eigenvalue weighted by Crippen LogP contribution is -2.49. The van der Waals surface area contributed by atoms with Gasteiger partial charge in [-0.15, -0.1) is 10.2 Å². The number of piperazine rings is 1. The molecule has 7 heteroatoms. The smallest absolute Gasteiger partial charge is 0.255 e. The molecule has 0 aliphatic carbocycles. The zero-order valence-electron chi connectivity index (χ0n) is 15.2. The van der Waals surface area contributed by atoms with Crippen molar-refractivity contribution in [3.8, 4) is 11.6 Å². The molecule has 0 saturated carbocycles. The maximum absolute atomic E-state index is 12.7. The summed E-state index contributed by atoms with van der Waals surface area (Å²) in [6, 6.07) is 20.7. The molecule has 4 rings (SSSR count). The highest BCUT2D eigenvalue weighted by Gasteiger charge is 2.24. The van der Waals surface area contributed by atoms with Crippen molar-refractivity contribution in [1.29, 1.82) is 0 Å². The van der Waals surface area contributed by atoms with Gasteiger partial charge in [0, 0.05) is 36.7 Å². The van der Waals surface area contributed by atoms with Gasteiger partial charge in [0.2, 0.25) is 5.88 Å². The van der Waals surface area contributed by atoms with E-state index in [-0.39, 0.29) is 5.91 Å². The Morgan fingerprint density at radius 2 is 1.57 bits per heavy atom. The number of amides is 1. The Morgan fingerprint density at radius 1 is 0.857 bits per heavy atom. The van der Waals surface area contributed by atoms with Gasteiger partial charge in [0.15, 0.2) is 5.82 Å². The van der Waals surface area contributed by atoms with Crippen molar-refractivity contribution in [1.82, 2.24) is 15.1 Å². The van der Waals surface area contributed by atoms with Gasteiger partial charge in [-0.05, 0) is 46.3 Å². The minimum Gasteiger partial charge on any atom is -0.438 e. The van der Waals surface area contributed by atoms with Crippen molar-refractivity contribution < 1.29 is 9.53 Å². The number of carbonyl (C=O) groups is 1. The van der Waals surface area contributed by atoms with Crippen LogP contribution in [-0.2, 0) is 0 Å². The third-order valence-electron chi connectivity index (χ3n) is 4.59. The second-order valence-electron chi connectivity index (χ2n) is 6.40. The first kappa shape index (κ1) is 18.4. The SMILES string of the molecule is O=C(c1ccccc1Br)N1CCN(c2ccc(Oc3ccccc3)nn2)CC1. The molecule has 6 nitrogen and oxygen atoms in total. The number of rotatable bonds is 4. The lowest BCUT2D eigenvalue weighted by atomic mass is 10.2. The average Bonchev–Trinajstić information content (AvgIpc) is 2.75. The summed E-state index contributed by atoms with van der Waals surface area (Å²) in [5.74, 6) is 2.01. The van der Waals surface area contributed by atoms with Crippen molar-refractivity contribution in [3.63, 3.8) is 0 Å². The predicted octanol–water partition coefficient (Wildman–Crippen LogP) is 3.99. The lowest BCUT2D eigenvalue weighted by Gasteiger charge is -2.35. The van der Waals surface area contributed by atoms with Crippen LogP contribution >= 0.6 is 15.9 Å². The summed E-state index contributed by atoms with van der Waals surface area (Å²) in [5, 5.41) is 8.44. The molecule has 1 aliphatic heterocycles. The van der Waals surface area contributed by atoms with Crippen LogP contribution in [0.2, 0.25) is 0 Å². The molecule has 0 spiro atoms. The zero-order chi connectivity index (χ0) is 19.3. The molecule has 3 aromatic rings. The molecule has 2 aromatic carbocycles. The number of nitrogens with zero attached hydrogens (tertiary/aromatic N) is 4. The van der Waals surface area contributed by atoms with Crippen LogP contribution in [0.25, 0.3) is 0 Å². The van der Waals surface area contributed by atoms with E-state index in [1.165, 1.54) is 0 Å². The number of hydrogen-bond donors (Lipinski definition) is 0. The minimum atomic E-state index is 0.0461. The van der Waals surface area contributed by atoms with E-state index in [4.69, 9.17) is 4.74 Å². The predicted molar refractivity (Wildman–Crippen MR) is 111 cm³/mol. The molecule has 0 N–H and O–H groups in total. The molecule has 0 unspecified atom stereocenters. The van der Waals surface area contributed by atoms with Crippen LogP contribution in [0.3, 0.4) is 0 Å². The molecule has 1 saturated heterocycles. The topological polar surface area (TPSA) is 58.6 Å². The molecule has 1 amide bonds. The third-order valence-corrected chi connectivity index (χ3v) is 5.28. The van der Waals surface area contributed by atoms with Crippen LogP contribution < -0.4 is 9.64 Å². The molecule has 2 heterocycles. The van der Waals surface area contributed by atoms with Gasteiger partial charge in [0.05, 0.1) is 5.56 Å². The minimum absolute atomic E-state index is 0.0461. The Balaban J connectivity index is 1.36. The third kappa shape index (κ3) is 4.14. The number of anilines is 1. The molecule has 28 heavy (non-hydrogen) atoms. The van der Waals surface area contributed by atoms with Crippen LogP contribution in [0.4, 0.5) is 5.82 Å². The monoisotopic (exact) mass is 438 g/mol. The van der Waals surface area contributed by atoms with Crippen LogP contribution in [0.1, 0.15) is 10.4 Å². The molecule has 0 radical (unpaired) electrons. The first-order valence-electron chi connectivity index (χ1n) is 9.06. The second kappa shape index (κ2) is 8.39. The number of ether oxygens (including phenoxy) is 1. The zero-order valence-corrected chi connectivity index (χ0v) is 16.7. The van der Waals surface area contributed by atoms with E-state index >= 15 is 0 Å². The fourth-order valence-electron chi connectivity index (χ4n) is 3.09. The van der Waals surface area contributed by atoms with Crippen molar-refractivity contribution in [3.05, 3.63) is 76.8 Å². The summed E-state index contributed by atoms with van der Waals surface area (Å²) in [5.41, 5.74) is 0.693. The van der Waals surface area contributed by atoms with E-state index in [0.717, 1.165) is 16.0 Å². The van der Waals surface area contributed by atoms with E-state index in [2.05, 4.69) is 31.0 Å². The maximum Gasteiger partial charge on any atom is 0.255 e. The summed E-state index contributed by atoms with van der Waals surface area (Å²) in [4.78, 5) is 16.7. The molecule has 0 bridgehead atoms. The number of carbonyl (C=O) groups excluding carboxylic acids is 1. The van der Waals surface area contributed by atoms with E-state index in [9.17, 15) is 4.79 Å². The normalized spacial score (nSPS) is 14.0. The van der Waals surface area contributed by atoms with Gasteiger partial charge in [0.1, 0.15) is 5.75 Å². The summed E-state index contributed by atoms with van der Waals surface area (Å²) in [6.07, 6.45) is 0. The Morgan fingerprint density at radius 3 is 2.25 bits per heavy atom. The molecule has 1 aliphatic rings. The van der Waals surface area contributed by atoms with Crippen LogP contribution in [-0.4, -0.2) is 47.2 Å². The summed E-state index contributed by atoms with van der Waals surface area (Å²) < 4.78 is 6.50. The fraction of sp³-hybridized carbons (Fsp3) is 0.190. The lowest BCUT2D eigenvalue weighted by molar-refractivity contribution is 0.0745. The van der Waals surface area contributed by atoms with Crippen molar-refractivity contribution in [2.75, 3.05) is 31.1 Å². The number of para-hydroxylation sites is 1. The van der Waals surface area contributed by atoms with Gasteiger partial charge >= 0.3 is 0 Å². The quantitative estimate of drug-likeness (QED) is 0.616. The number of benzene rings is 2. The molecule has 142 valence electrons. The second-order valence-corrected chi connectivity index (χ2v) is 7.26. The highest BCUT2D eigenvalue weighted by molar-refractivity contribution is 9.10.